The molecule has 0 saturated heterocycles. The summed E-state index contributed by atoms with van der Waals surface area (Å²) < 4.78 is 11.9. The van der Waals surface area contributed by atoms with Crippen LogP contribution in [0.3, 0.4) is 0 Å². The zero-order valence-corrected chi connectivity index (χ0v) is 22.7. The third kappa shape index (κ3) is 10.5. The average Bonchev–Trinajstić information content (AvgIpc) is 2.95. The fraction of sp³-hybridized carbons (Fsp3) is 0.375. The van der Waals surface area contributed by atoms with Gasteiger partial charge in [0.05, 0.1) is 11.2 Å². The summed E-state index contributed by atoms with van der Waals surface area (Å²) >= 11 is 0. The molecule has 0 aliphatic heterocycles. The number of fused-ring (bicyclic) bond motifs is 1. The molecule has 2 aromatic carbocycles. The van der Waals surface area contributed by atoms with Gasteiger partial charge in [0.15, 0.2) is 0 Å². The first-order chi connectivity index (χ1) is 18.1. The van der Waals surface area contributed by atoms with Gasteiger partial charge in [-0.15, -0.1) is 0 Å². The Bertz CT molecular complexity index is 1160. The lowest BCUT2D eigenvalue weighted by atomic mass is 9.95. The number of aromatic nitrogens is 1. The number of allylic oxidation sites excluding steroid dienone is 3. The van der Waals surface area contributed by atoms with Gasteiger partial charge >= 0.3 is 5.97 Å². The molecule has 0 fully saturated rings. The van der Waals surface area contributed by atoms with E-state index in [0.29, 0.717) is 19.6 Å². The maximum absolute atomic E-state index is 10.9. The van der Waals surface area contributed by atoms with Gasteiger partial charge in [0.1, 0.15) is 24.7 Å². The summed E-state index contributed by atoms with van der Waals surface area (Å²) in [5.41, 5.74) is 4.06. The van der Waals surface area contributed by atoms with Crippen molar-refractivity contribution in [2.75, 3.05) is 6.61 Å². The summed E-state index contributed by atoms with van der Waals surface area (Å²) in [4.78, 5) is 15.5. The molecule has 0 bridgehead atoms. The highest BCUT2D eigenvalue weighted by molar-refractivity contribution is 5.78. The summed E-state index contributed by atoms with van der Waals surface area (Å²) in [5.74, 6) is 0.664. The monoisotopic (exact) mass is 503 g/mol. The molecule has 1 aromatic heterocycles. The zero-order valence-electron chi connectivity index (χ0n) is 22.7. The Morgan fingerprint density at radius 1 is 0.919 bits per heavy atom. The first kappa shape index (κ1) is 29.6. The smallest absolute Gasteiger partial charge is 0.303 e. The number of ether oxygens (including phenoxy) is 2. The lowest BCUT2D eigenvalue weighted by molar-refractivity contribution is -0.136. The number of carboxylic acids is 1. The van der Waals surface area contributed by atoms with Gasteiger partial charge in [-0.05, 0) is 54.7 Å². The second-order valence-electron chi connectivity index (χ2n) is 8.51. The van der Waals surface area contributed by atoms with E-state index in [1.807, 2.05) is 74.5 Å². The number of carboxylic acid groups (broad SMARTS) is 1. The molecule has 4 rings (SSSR count). The van der Waals surface area contributed by atoms with Crippen LogP contribution in [0.2, 0.25) is 0 Å². The number of aliphatic carboxylic acids is 1. The molecule has 0 radical (unpaired) electrons. The van der Waals surface area contributed by atoms with E-state index in [0.717, 1.165) is 52.1 Å². The number of hydrogen-bond donors (Lipinski definition) is 1. The fourth-order valence-corrected chi connectivity index (χ4v) is 3.60. The van der Waals surface area contributed by atoms with Crippen molar-refractivity contribution in [2.24, 2.45) is 0 Å². The van der Waals surface area contributed by atoms with E-state index in [2.05, 4.69) is 31.0 Å². The van der Waals surface area contributed by atoms with Crippen molar-refractivity contribution < 1.29 is 19.4 Å². The molecule has 0 unspecified atom stereocenters. The number of nitrogens with zero attached hydrogens (tertiary/aromatic N) is 1. The van der Waals surface area contributed by atoms with Crippen LogP contribution in [-0.2, 0) is 11.4 Å². The van der Waals surface area contributed by atoms with E-state index < -0.39 is 5.97 Å². The van der Waals surface area contributed by atoms with Crippen molar-refractivity contribution in [3.05, 3.63) is 89.7 Å². The molecule has 5 nitrogen and oxygen atoms in total. The van der Waals surface area contributed by atoms with E-state index in [-0.39, 0.29) is 6.42 Å². The standard InChI is InChI=1S/C26H25NO4.C4H10.C2H6/c28-26(29)15-13-19-6-1-2-8-21(19)17-30-23-9-5-10-24(16-23)31-18-22-14-12-20-7-3-4-11-25(20)27-22;1-3-4-2;1-2/h1,3-7,9-12,14,16H,2,8,13,15,17-18H2,(H,28,29);3-4H2,1-2H3;1-2H3. The molecular weight excluding hydrogens is 462 g/mol. The van der Waals surface area contributed by atoms with Crippen molar-refractivity contribution >= 4 is 16.9 Å². The van der Waals surface area contributed by atoms with Gasteiger partial charge in [-0.25, -0.2) is 4.98 Å². The van der Waals surface area contributed by atoms with Crippen molar-refractivity contribution in [3.63, 3.8) is 0 Å². The number of hydrogen-bond acceptors (Lipinski definition) is 4. The van der Waals surface area contributed by atoms with Gasteiger partial charge < -0.3 is 14.6 Å². The number of para-hydroxylation sites is 1. The minimum Gasteiger partial charge on any atom is -0.489 e. The van der Waals surface area contributed by atoms with Crippen LogP contribution in [-0.4, -0.2) is 22.7 Å². The Labute approximate surface area is 221 Å². The average molecular weight is 504 g/mol. The molecule has 0 atom stereocenters. The lowest BCUT2D eigenvalue weighted by Gasteiger charge is -2.17. The molecule has 5 heteroatoms. The Hall–Kier alpha value is -3.60. The van der Waals surface area contributed by atoms with E-state index >= 15 is 0 Å². The number of rotatable bonds is 10. The van der Waals surface area contributed by atoms with Crippen LogP contribution in [0.25, 0.3) is 10.9 Å². The van der Waals surface area contributed by atoms with Crippen LogP contribution in [0, 0.1) is 0 Å². The maximum Gasteiger partial charge on any atom is 0.303 e. The summed E-state index contributed by atoms with van der Waals surface area (Å²) in [6.07, 6.45) is 9.28. The highest BCUT2D eigenvalue weighted by Crippen LogP contribution is 2.26. The molecule has 1 aliphatic carbocycles. The van der Waals surface area contributed by atoms with Gasteiger partial charge in [-0.3, -0.25) is 4.79 Å². The van der Waals surface area contributed by atoms with Crippen molar-refractivity contribution in [3.8, 4) is 11.5 Å². The summed E-state index contributed by atoms with van der Waals surface area (Å²) in [7, 11) is 0. The molecule has 3 aromatic rings. The lowest BCUT2D eigenvalue weighted by Crippen LogP contribution is -2.07. The normalized spacial score (nSPS) is 12.2. The van der Waals surface area contributed by atoms with Crippen molar-refractivity contribution in [1.29, 1.82) is 0 Å². The van der Waals surface area contributed by atoms with E-state index in [9.17, 15) is 4.79 Å². The first-order valence-electron chi connectivity index (χ1n) is 13.4. The molecule has 198 valence electrons. The highest BCUT2D eigenvalue weighted by atomic mass is 16.5. The number of unbranched alkanes of at least 4 members (excludes halogenated alkanes) is 1. The van der Waals surface area contributed by atoms with Crippen molar-refractivity contribution in [2.45, 2.75) is 72.8 Å². The Kier molecular flexibility index (Phi) is 13.6. The number of carbonyl (C=O) groups is 1. The predicted molar refractivity (Wildman–Crippen MR) is 152 cm³/mol. The second-order valence-corrected chi connectivity index (χ2v) is 8.51. The fourth-order valence-electron chi connectivity index (χ4n) is 3.60. The first-order valence-corrected chi connectivity index (χ1v) is 13.4. The van der Waals surface area contributed by atoms with Gasteiger partial charge in [0.2, 0.25) is 0 Å². The quantitative estimate of drug-likeness (QED) is 0.300. The Morgan fingerprint density at radius 3 is 2.32 bits per heavy atom. The minimum atomic E-state index is -0.780. The highest BCUT2D eigenvalue weighted by Gasteiger charge is 2.11. The number of pyridine rings is 1. The summed E-state index contributed by atoms with van der Waals surface area (Å²) in [5, 5.41) is 10.1. The van der Waals surface area contributed by atoms with Crippen LogP contribution in [0.15, 0.2) is 84.0 Å². The molecule has 1 aliphatic rings. The predicted octanol–water partition coefficient (Wildman–Crippen LogP) is 8.54. The summed E-state index contributed by atoms with van der Waals surface area (Å²) in [6, 6.07) is 19.6. The molecule has 1 heterocycles. The topological polar surface area (TPSA) is 68.7 Å². The van der Waals surface area contributed by atoms with Gasteiger partial charge in [0, 0.05) is 17.9 Å². The maximum atomic E-state index is 10.9. The van der Waals surface area contributed by atoms with E-state index in [4.69, 9.17) is 14.6 Å². The van der Waals surface area contributed by atoms with Crippen LogP contribution in [0.5, 0.6) is 11.5 Å². The van der Waals surface area contributed by atoms with E-state index in [1.54, 1.807) is 0 Å². The SMILES string of the molecule is CC.CCCC.O=C(O)CCC1=C(COc2cccc(OCc3ccc4ccccc4n3)c2)CCC=C1. The molecule has 0 saturated carbocycles. The van der Waals surface area contributed by atoms with Crippen LogP contribution < -0.4 is 9.47 Å². The van der Waals surface area contributed by atoms with Gasteiger partial charge in [-0.1, -0.05) is 83.0 Å². The third-order valence-electron chi connectivity index (χ3n) is 5.76. The molecule has 1 N–H and O–H groups in total. The Balaban J connectivity index is 0.000000733. The largest absolute Gasteiger partial charge is 0.489 e. The van der Waals surface area contributed by atoms with E-state index in [1.165, 1.54) is 12.8 Å². The van der Waals surface area contributed by atoms with Crippen LogP contribution in [0.1, 0.15) is 71.9 Å². The molecule has 37 heavy (non-hydrogen) atoms. The molecule has 0 spiro atoms. The number of benzene rings is 2. The summed E-state index contributed by atoms with van der Waals surface area (Å²) in [6.45, 7) is 9.19. The molecule has 0 amide bonds. The third-order valence-corrected chi connectivity index (χ3v) is 5.76. The minimum absolute atomic E-state index is 0.134. The van der Waals surface area contributed by atoms with Crippen LogP contribution in [0.4, 0.5) is 0 Å². The van der Waals surface area contributed by atoms with Gasteiger partial charge in [0.25, 0.3) is 0 Å². The Morgan fingerprint density at radius 2 is 1.62 bits per heavy atom. The van der Waals surface area contributed by atoms with Crippen molar-refractivity contribution in [1.82, 2.24) is 4.98 Å². The molecular formula is C32H41NO4. The second kappa shape index (κ2) is 17.0. The van der Waals surface area contributed by atoms with Crippen LogP contribution >= 0.6 is 0 Å². The zero-order chi connectivity index (χ0) is 26.9. The van der Waals surface area contributed by atoms with Gasteiger partial charge in [-0.2, -0.15) is 0 Å².